The van der Waals surface area contributed by atoms with E-state index >= 15 is 0 Å². The van der Waals surface area contributed by atoms with Crippen LogP contribution in [0.4, 0.5) is 0 Å². The molecule has 1 unspecified atom stereocenters. The average Bonchev–Trinajstić information content (AvgIpc) is 2.46. The van der Waals surface area contributed by atoms with Crippen LogP contribution in [0.1, 0.15) is 53.4 Å². The molecule has 1 aliphatic heterocycles. The number of carbonyl (C=O) groups excluding carboxylic acids is 2. The number of hydrogen-bond acceptors (Lipinski definition) is 2. The predicted molar refractivity (Wildman–Crippen MR) is 76.7 cm³/mol. The SMILES string of the molecule is CC(C)CCCCN1CCC(=O)NC(C(C)C)C1=O. The fourth-order valence-electron chi connectivity index (χ4n) is 2.38. The first-order valence-corrected chi connectivity index (χ1v) is 7.50. The number of carbonyl (C=O) groups is 2. The number of nitrogens with one attached hydrogen (secondary N) is 1. The Balaban J connectivity index is 2.51. The van der Waals surface area contributed by atoms with Crippen LogP contribution < -0.4 is 5.32 Å². The summed E-state index contributed by atoms with van der Waals surface area (Å²) in [6, 6.07) is -0.347. The van der Waals surface area contributed by atoms with Crippen molar-refractivity contribution in [2.45, 2.75) is 59.4 Å². The second-order valence-corrected chi connectivity index (χ2v) is 6.25. The van der Waals surface area contributed by atoms with Gasteiger partial charge in [0.05, 0.1) is 0 Å². The molecule has 0 radical (unpaired) electrons. The Kier molecular flexibility index (Phi) is 6.32. The molecule has 1 fully saturated rings. The van der Waals surface area contributed by atoms with Crippen molar-refractivity contribution in [2.24, 2.45) is 11.8 Å². The first kappa shape index (κ1) is 16.0. The summed E-state index contributed by atoms with van der Waals surface area (Å²) in [5.41, 5.74) is 0. The summed E-state index contributed by atoms with van der Waals surface area (Å²) in [7, 11) is 0. The van der Waals surface area contributed by atoms with E-state index in [1.165, 1.54) is 6.42 Å². The number of nitrogens with zero attached hydrogens (tertiary/aromatic N) is 1. The van der Waals surface area contributed by atoms with Gasteiger partial charge in [0.2, 0.25) is 11.8 Å². The highest BCUT2D eigenvalue weighted by Crippen LogP contribution is 2.13. The summed E-state index contributed by atoms with van der Waals surface area (Å²) in [6.07, 6.45) is 3.81. The van der Waals surface area contributed by atoms with E-state index in [0.717, 1.165) is 19.4 Å². The monoisotopic (exact) mass is 268 g/mol. The normalized spacial score (nSPS) is 20.9. The van der Waals surface area contributed by atoms with Crippen molar-refractivity contribution in [3.05, 3.63) is 0 Å². The molecular formula is C15H28N2O2. The van der Waals surface area contributed by atoms with Crippen LogP contribution in [0.2, 0.25) is 0 Å². The lowest BCUT2D eigenvalue weighted by atomic mass is 10.0. The maximum Gasteiger partial charge on any atom is 0.245 e. The van der Waals surface area contributed by atoms with Gasteiger partial charge in [-0.05, 0) is 18.3 Å². The minimum atomic E-state index is -0.347. The van der Waals surface area contributed by atoms with Gasteiger partial charge < -0.3 is 10.2 Å². The molecule has 0 aromatic carbocycles. The molecular weight excluding hydrogens is 240 g/mol. The zero-order chi connectivity index (χ0) is 14.4. The minimum Gasteiger partial charge on any atom is -0.344 e. The third-order valence-corrected chi connectivity index (χ3v) is 3.63. The topological polar surface area (TPSA) is 49.4 Å². The average molecular weight is 268 g/mol. The smallest absolute Gasteiger partial charge is 0.245 e. The highest BCUT2D eigenvalue weighted by molar-refractivity contribution is 5.90. The van der Waals surface area contributed by atoms with Crippen molar-refractivity contribution in [2.75, 3.05) is 13.1 Å². The van der Waals surface area contributed by atoms with Crippen molar-refractivity contribution in [3.63, 3.8) is 0 Å². The third kappa shape index (κ3) is 5.21. The Morgan fingerprint density at radius 2 is 1.89 bits per heavy atom. The molecule has 4 heteroatoms. The lowest BCUT2D eigenvalue weighted by Gasteiger charge is -2.26. The maximum absolute atomic E-state index is 12.4. The van der Waals surface area contributed by atoms with E-state index < -0.39 is 0 Å². The fraction of sp³-hybridized carbons (Fsp3) is 0.867. The Bertz CT molecular complexity index is 313. The molecule has 1 heterocycles. The van der Waals surface area contributed by atoms with Gasteiger partial charge in [-0.2, -0.15) is 0 Å². The molecule has 19 heavy (non-hydrogen) atoms. The van der Waals surface area contributed by atoms with E-state index in [0.29, 0.717) is 18.9 Å². The van der Waals surface area contributed by atoms with Gasteiger partial charge >= 0.3 is 0 Å². The van der Waals surface area contributed by atoms with Crippen molar-refractivity contribution < 1.29 is 9.59 Å². The van der Waals surface area contributed by atoms with Crippen LogP contribution in [-0.2, 0) is 9.59 Å². The van der Waals surface area contributed by atoms with Crippen LogP contribution >= 0.6 is 0 Å². The molecule has 1 atom stereocenters. The molecule has 0 aromatic heterocycles. The molecule has 1 saturated heterocycles. The molecule has 110 valence electrons. The zero-order valence-corrected chi connectivity index (χ0v) is 12.7. The van der Waals surface area contributed by atoms with E-state index in [1.54, 1.807) is 0 Å². The second kappa shape index (κ2) is 7.51. The Labute approximate surface area is 116 Å². The summed E-state index contributed by atoms with van der Waals surface area (Å²) < 4.78 is 0. The fourth-order valence-corrected chi connectivity index (χ4v) is 2.38. The number of amides is 2. The van der Waals surface area contributed by atoms with Gasteiger partial charge in [0, 0.05) is 19.5 Å². The maximum atomic E-state index is 12.4. The van der Waals surface area contributed by atoms with Crippen LogP contribution in [0.15, 0.2) is 0 Å². The standard InChI is InChI=1S/C15H28N2O2/c1-11(2)7-5-6-9-17-10-8-13(18)16-14(12(3)4)15(17)19/h11-12,14H,5-10H2,1-4H3,(H,16,18). The number of hydrogen-bond donors (Lipinski definition) is 1. The van der Waals surface area contributed by atoms with Gasteiger partial charge in [-0.1, -0.05) is 40.5 Å². The van der Waals surface area contributed by atoms with Crippen LogP contribution in [0, 0.1) is 11.8 Å². The van der Waals surface area contributed by atoms with Gasteiger partial charge in [0.1, 0.15) is 6.04 Å². The molecule has 2 amide bonds. The molecule has 0 aliphatic carbocycles. The molecule has 4 nitrogen and oxygen atoms in total. The lowest BCUT2D eigenvalue weighted by Crippen LogP contribution is -2.47. The first-order valence-electron chi connectivity index (χ1n) is 7.50. The van der Waals surface area contributed by atoms with E-state index in [4.69, 9.17) is 0 Å². The molecule has 0 spiro atoms. The predicted octanol–water partition coefficient (Wildman–Crippen LogP) is 2.19. The molecule has 1 aliphatic rings. The Hall–Kier alpha value is -1.06. The summed E-state index contributed by atoms with van der Waals surface area (Å²) in [6.45, 7) is 9.73. The van der Waals surface area contributed by atoms with Gasteiger partial charge in [0.25, 0.3) is 0 Å². The van der Waals surface area contributed by atoms with E-state index in [1.807, 2.05) is 18.7 Å². The van der Waals surface area contributed by atoms with E-state index in [-0.39, 0.29) is 23.8 Å². The second-order valence-electron chi connectivity index (χ2n) is 6.25. The lowest BCUT2D eigenvalue weighted by molar-refractivity contribution is -0.134. The van der Waals surface area contributed by atoms with Crippen LogP contribution in [0.5, 0.6) is 0 Å². The zero-order valence-electron chi connectivity index (χ0n) is 12.7. The largest absolute Gasteiger partial charge is 0.344 e. The van der Waals surface area contributed by atoms with Crippen molar-refractivity contribution in [1.82, 2.24) is 10.2 Å². The summed E-state index contributed by atoms with van der Waals surface area (Å²) in [5, 5.41) is 2.84. The molecule has 1 rings (SSSR count). The molecule has 0 saturated carbocycles. The van der Waals surface area contributed by atoms with Crippen molar-refractivity contribution in [3.8, 4) is 0 Å². The summed E-state index contributed by atoms with van der Waals surface area (Å²) in [5.74, 6) is 0.946. The third-order valence-electron chi connectivity index (χ3n) is 3.63. The van der Waals surface area contributed by atoms with E-state index in [9.17, 15) is 9.59 Å². The molecule has 1 N–H and O–H groups in total. The number of unbranched alkanes of at least 4 members (excludes halogenated alkanes) is 1. The van der Waals surface area contributed by atoms with Gasteiger partial charge in [-0.3, -0.25) is 9.59 Å². The van der Waals surface area contributed by atoms with Crippen LogP contribution in [0.3, 0.4) is 0 Å². The highest BCUT2D eigenvalue weighted by Gasteiger charge is 2.31. The first-order chi connectivity index (χ1) is 8.91. The van der Waals surface area contributed by atoms with Crippen molar-refractivity contribution in [1.29, 1.82) is 0 Å². The van der Waals surface area contributed by atoms with Gasteiger partial charge in [-0.25, -0.2) is 0 Å². The quantitative estimate of drug-likeness (QED) is 0.751. The Morgan fingerprint density at radius 1 is 1.21 bits per heavy atom. The Morgan fingerprint density at radius 3 is 2.47 bits per heavy atom. The van der Waals surface area contributed by atoms with Gasteiger partial charge in [0.15, 0.2) is 0 Å². The number of rotatable bonds is 6. The summed E-state index contributed by atoms with van der Waals surface area (Å²) >= 11 is 0. The highest BCUT2D eigenvalue weighted by atomic mass is 16.2. The molecule has 0 bridgehead atoms. The van der Waals surface area contributed by atoms with E-state index in [2.05, 4.69) is 19.2 Å². The molecule has 0 aromatic rings. The summed E-state index contributed by atoms with van der Waals surface area (Å²) in [4.78, 5) is 25.9. The van der Waals surface area contributed by atoms with Crippen LogP contribution in [0.25, 0.3) is 0 Å². The van der Waals surface area contributed by atoms with Gasteiger partial charge in [-0.15, -0.1) is 0 Å². The van der Waals surface area contributed by atoms with Crippen LogP contribution in [-0.4, -0.2) is 35.8 Å². The minimum absolute atomic E-state index is 0.00303. The van der Waals surface area contributed by atoms with Crippen molar-refractivity contribution >= 4 is 11.8 Å².